The van der Waals surface area contributed by atoms with Gasteiger partial charge in [-0.25, -0.2) is 4.98 Å². The number of carbonyl (C=O) groups is 1. The molecule has 0 saturated heterocycles. The van der Waals surface area contributed by atoms with Crippen LogP contribution in [-0.4, -0.2) is 42.8 Å². The van der Waals surface area contributed by atoms with E-state index in [1.54, 1.807) is 18.2 Å². The first-order valence-electron chi connectivity index (χ1n) is 8.82. The fourth-order valence-corrected chi connectivity index (χ4v) is 3.03. The second-order valence-corrected chi connectivity index (χ2v) is 6.35. The number of fused-ring (bicyclic) bond motifs is 1. The molecule has 4 rings (SSSR count). The molecule has 0 bridgehead atoms. The Hall–Kier alpha value is -3.76. The van der Waals surface area contributed by atoms with Crippen molar-refractivity contribution in [2.45, 2.75) is 6.54 Å². The smallest absolute Gasteiger partial charge is 0.423 e. The molecule has 0 aliphatic heterocycles. The van der Waals surface area contributed by atoms with Gasteiger partial charge in [0.15, 0.2) is 0 Å². The first kappa shape index (κ1) is 18.6. The minimum Gasteiger partial charge on any atom is -0.423 e. The highest BCUT2D eigenvalue weighted by Gasteiger charge is 2.19. The molecule has 10 heteroatoms. The van der Waals surface area contributed by atoms with Gasteiger partial charge in [-0.3, -0.25) is 4.79 Å². The predicted molar refractivity (Wildman–Crippen MR) is 109 cm³/mol. The number of rotatable bonds is 6. The highest BCUT2D eigenvalue weighted by molar-refractivity contribution is 6.61. The quantitative estimate of drug-likeness (QED) is 0.346. The minimum absolute atomic E-state index is 0.160. The number of hydrogen-bond donors (Lipinski definition) is 4. The van der Waals surface area contributed by atoms with Gasteiger partial charge in [-0.2, -0.15) is 14.8 Å². The van der Waals surface area contributed by atoms with Gasteiger partial charge < -0.3 is 21.1 Å². The number of nitrogens with one attached hydrogen (secondary N) is 1. The van der Waals surface area contributed by atoms with Gasteiger partial charge in [0.2, 0.25) is 0 Å². The van der Waals surface area contributed by atoms with E-state index in [-0.39, 0.29) is 17.3 Å². The monoisotopic (exact) mass is 388 g/mol. The molecule has 2 aromatic carbocycles. The molecule has 4 aromatic rings. The maximum absolute atomic E-state index is 11.8. The molecular formula is C19H17BN6O3. The molecule has 0 aliphatic rings. The van der Waals surface area contributed by atoms with Crippen LogP contribution in [0.2, 0.25) is 0 Å². The maximum atomic E-state index is 11.8. The first-order chi connectivity index (χ1) is 14.0. The van der Waals surface area contributed by atoms with Crippen molar-refractivity contribution in [3.8, 4) is 5.95 Å². The van der Waals surface area contributed by atoms with Crippen molar-refractivity contribution in [2.24, 2.45) is 5.73 Å². The molecule has 0 fully saturated rings. The third-order valence-corrected chi connectivity index (χ3v) is 4.46. The molecule has 2 heterocycles. The number of anilines is 1. The van der Waals surface area contributed by atoms with Crippen molar-refractivity contribution in [2.75, 3.05) is 5.32 Å². The fraction of sp³-hybridized carbons (Fsp3) is 0.0526. The van der Waals surface area contributed by atoms with E-state index in [1.807, 2.05) is 30.3 Å². The molecular weight excluding hydrogens is 371 g/mol. The Labute approximate surface area is 166 Å². The average molecular weight is 388 g/mol. The molecule has 9 nitrogen and oxygen atoms in total. The molecule has 0 aliphatic carbocycles. The lowest BCUT2D eigenvalue weighted by Crippen LogP contribution is -2.30. The van der Waals surface area contributed by atoms with E-state index in [4.69, 9.17) is 5.73 Å². The van der Waals surface area contributed by atoms with Gasteiger partial charge in [-0.15, -0.1) is 0 Å². The number of amides is 1. The third-order valence-electron chi connectivity index (χ3n) is 4.46. The van der Waals surface area contributed by atoms with Gasteiger partial charge in [0.05, 0.1) is 17.3 Å². The predicted octanol–water partition coefficient (Wildman–Crippen LogP) is 0.206. The number of carbonyl (C=O) groups excluding carboxylic acids is 1. The zero-order valence-electron chi connectivity index (χ0n) is 15.2. The summed E-state index contributed by atoms with van der Waals surface area (Å²) in [5.41, 5.74) is 7.55. The molecule has 2 aromatic heterocycles. The highest BCUT2D eigenvalue weighted by Crippen LogP contribution is 2.18. The number of hydrogen-bond acceptors (Lipinski definition) is 7. The Morgan fingerprint density at radius 3 is 2.62 bits per heavy atom. The van der Waals surface area contributed by atoms with E-state index >= 15 is 0 Å². The largest absolute Gasteiger partial charge is 0.489 e. The summed E-state index contributed by atoms with van der Waals surface area (Å²) in [5.74, 6) is -0.151. The molecule has 1 amide bonds. The summed E-state index contributed by atoms with van der Waals surface area (Å²) < 4.78 is 1.46. The summed E-state index contributed by atoms with van der Waals surface area (Å²) >= 11 is 0. The summed E-state index contributed by atoms with van der Waals surface area (Å²) in [7, 11) is -1.63. The van der Waals surface area contributed by atoms with Crippen LogP contribution in [0, 0.1) is 0 Å². The van der Waals surface area contributed by atoms with Gasteiger partial charge in [0.1, 0.15) is 5.82 Å². The van der Waals surface area contributed by atoms with E-state index in [9.17, 15) is 14.8 Å². The van der Waals surface area contributed by atoms with Crippen molar-refractivity contribution < 1.29 is 14.8 Å². The van der Waals surface area contributed by atoms with Crippen molar-refractivity contribution >= 4 is 35.2 Å². The molecule has 0 spiro atoms. The molecule has 144 valence electrons. The Bertz CT molecular complexity index is 1180. The molecule has 0 radical (unpaired) electrons. The summed E-state index contributed by atoms with van der Waals surface area (Å²) in [4.78, 5) is 20.4. The van der Waals surface area contributed by atoms with E-state index in [1.165, 1.54) is 17.1 Å². The lowest BCUT2D eigenvalue weighted by molar-refractivity contribution is 0.100. The Kier molecular flexibility index (Phi) is 4.94. The van der Waals surface area contributed by atoms with Crippen molar-refractivity contribution in [3.63, 3.8) is 0 Å². The number of nitrogens with zero attached hydrogens (tertiary/aromatic N) is 4. The Morgan fingerprint density at radius 1 is 1.10 bits per heavy atom. The lowest BCUT2D eigenvalue weighted by atomic mass is 9.78. The summed E-state index contributed by atoms with van der Waals surface area (Å²) in [6.07, 6.45) is 2.85. The number of aromatic nitrogens is 4. The lowest BCUT2D eigenvalue weighted by Gasteiger charge is -2.11. The van der Waals surface area contributed by atoms with Crippen LogP contribution in [-0.2, 0) is 6.54 Å². The van der Waals surface area contributed by atoms with Crippen molar-refractivity contribution in [3.05, 3.63) is 72.1 Å². The standard InChI is InChI=1S/C19H17BN6O3/c21-17(27)14-10-23-19(25-18(14)22-9-12-5-2-1-3-6-12)26-16-8-4-7-15(20(28)29)13(16)11-24-26/h1-8,10-11,28-29H,9H2,(H2,21,27)(H,22,23,25). The van der Waals surface area contributed by atoms with Gasteiger partial charge in [-0.1, -0.05) is 42.5 Å². The van der Waals surface area contributed by atoms with E-state index in [2.05, 4.69) is 20.4 Å². The van der Waals surface area contributed by atoms with E-state index in [0.29, 0.717) is 22.9 Å². The number of nitrogens with two attached hydrogens (primary N) is 1. The zero-order valence-corrected chi connectivity index (χ0v) is 15.2. The second-order valence-electron chi connectivity index (χ2n) is 6.35. The van der Waals surface area contributed by atoms with Gasteiger partial charge in [-0.05, 0) is 17.1 Å². The fourth-order valence-electron chi connectivity index (χ4n) is 3.03. The maximum Gasteiger partial charge on any atom is 0.489 e. The topological polar surface area (TPSA) is 139 Å². The third kappa shape index (κ3) is 3.66. The normalized spacial score (nSPS) is 10.8. The van der Waals surface area contributed by atoms with Crippen LogP contribution in [0.15, 0.2) is 60.9 Å². The van der Waals surface area contributed by atoms with Crippen LogP contribution in [0.3, 0.4) is 0 Å². The van der Waals surface area contributed by atoms with Gasteiger partial charge in [0, 0.05) is 18.1 Å². The molecule has 0 unspecified atom stereocenters. The molecule has 29 heavy (non-hydrogen) atoms. The Morgan fingerprint density at radius 2 is 1.90 bits per heavy atom. The van der Waals surface area contributed by atoms with E-state index in [0.717, 1.165) is 5.56 Å². The van der Waals surface area contributed by atoms with Crippen LogP contribution >= 0.6 is 0 Å². The molecule has 0 saturated carbocycles. The van der Waals surface area contributed by atoms with Crippen LogP contribution in [0.4, 0.5) is 5.82 Å². The van der Waals surface area contributed by atoms with Crippen molar-refractivity contribution in [1.82, 2.24) is 19.7 Å². The second kappa shape index (κ2) is 7.70. The highest BCUT2D eigenvalue weighted by atomic mass is 16.4. The average Bonchev–Trinajstić information content (AvgIpc) is 3.16. The van der Waals surface area contributed by atoms with Gasteiger partial charge >= 0.3 is 7.12 Å². The van der Waals surface area contributed by atoms with Crippen molar-refractivity contribution in [1.29, 1.82) is 0 Å². The number of primary amides is 1. The molecule has 0 atom stereocenters. The SMILES string of the molecule is NC(=O)c1cnc(-n2ncc3c(B(O)O)cccc32)nc1NCc1ccccc1. The number of benzene rings is 2. The first-order valence-corrected chi connectivity index (χ1v) is 8.82. The van der Waals surface area contributed by atoms with E-state index < -0.39 is 13.0 Å². The summed E-state index contributed by atoms with van der Waals surface area (Å²) in [5, 5.41) is 27.0. The van der Waals surface area contributed by atoms with Crippen LogP contribution in [0.25, 0.3) is 16.9 Å². The zero-order chi connectivity index (χ0) is 20.4. The van der Waals surface area contributed by atoms with Crippen LogP contribution in [0.1, 0.15) is 15.9 Å². The van der Waals surface area contributed by atoms with Crippen LogP contribution < -0.4 is 16.5 Å². The van der Waals surface area contributed by atoms with Crippen LogP contribution in [0.5, 0.6) is 0 Å². The minimum atomic E-state index is -1.63. The summed E-state index contributed by atoms with van der Waals surface area (Å²) in [6, 6.07) is 14.7. The van der Waals surface area contributed by atoms with Gasteiger partial charge in [0.25, 0.3) is 11.9 Å². The summed E-state index contributed by atoms with van der Waals surface area (Å²) in [6.45, 7) is 0.443. The molecule has 5 N–H and O–H groups in total. The Balaban J connectivity index is 1.74.